The molecule has 2 aromatic rings. The van der Waals surface area contributed by atoms with Gasteiger partial charge in [0.05, 0.1) is 11.8 Å². The first kappa shape index (κ1) is 27.2. The zero-order valence-corrected chi connectivity index (χ0v) is 22.7. The Morgan fingerprint density at radius 1 is 1.13 bits per heavy atom. The van der Waals surface area contributed by atoms with Crippen molar-refractivity contribution in [3.8, 4) is 0 Å². The molecule has 0 unspecified atom stereocenters. The maximum atomic E-state index is 13.9. The number of aliphatic hydroxyl groups is 1. The first-order chi connectivity index (χ1) is 18.6. The van der Waals surface area contributed by atoms with Crippen LogP contribution < -0.4 is 10.6 Å². The number of ether oxygens (including phenoxy) is 1. The van der Waals surface area contributed by atoms with Crippen LogP contribution in [0.4, 0.5) is 0 Å². The number of carbonyl (C=O) groups excluding carboxylic acids is 2. The number of amides is 2. The lowest BCUT2D eigenvalue weighted by Gasteiger charge is -2.35. The van der Waals surface area contributed by atoms with E-state index in [4.69, 9.17) is 4.74 Å². The van der Waals surface area contributed by atoms with Gasteiger partial charge in [-0.1, -0.05) is 31.0 Å². The minimum Gasteiger partial charge on any atom is -0.396 e. The fourth-order valence-electron chi connectivity index (χ4n) is 6.45. The number of rotatable bonds is 11. The molecule has 2 saturated carbocycles. The number of nitrogens with zero attached hydrogens (tertiary/aromatic N) is 2. The summed E-state index contributed by atoms with van der Waals surface area (Å²) in [5.41, 5.74) is 2.38. The molecule has 0 spiro atoms. The van der Waals surface area contributed by atoms with Crippen molar-refractivity contribution in [3.05, 3.63) is 36.0 Å². The Labute approximate surface area is 226 Å². The van der Waals surface area contributed by atoms with Crippen molar-refractivity contribution >= 4 is 22.7 Å². The van der Waals surface area contributed by atoms with Gasteiger partial charge < -0.3 is 29.9 Å². The van der Waals surface area contributed by atoms with Gasteiger partial charge in [0.25, 0.3) is 0 Å². The summed E-state index contributed by atoms with van der Waals surface area (Å²) in [6.45, 7) is 3.55. The highest BCUT2D eigenvalue weighted by atomic mass is 16.5. The van der Waals surface area contributed by atoms with Crippen LogP contribution in [0.1, 0.15) is 56.9 Å². The molecule has 2 heterocycles. The number of aromatic nitrogens is 1. The van der Waals surface area contributed by atoms with Crippen LogP contribution in [0.3, 0.4) is 0 Å². The largest absolute Gasteiger partial charge is 0.396 e. The van der Waals surface area contributed by atoms with Gasteiger partial charge in [0.2, 0.25) is 11.8 Å². The van der Waals surface area contributed by atoms with Crippen LogP contribution in [0, 0.1) is 17.8 Å². The first-order valence-electron chi connectivity index (χ1n) is 14.6. The quantitative estimate of drug-likeness (QED) is 0.393. The monoisotopic (exact) mass is 524 g/mol. The molecule has 0 bridgehead atoms. The molecule has 1 saturated heterocycles. The van der Waals surface area contributed by atoms with Crippen molar-refractivity contribution in [1.82, 2.24) is 20.1 Å². The lowest BCUT2D eigenvalue weighted by atomic mass is 9.83. The summed E-state index contributed by atoms with van der Waals surface area (Å²) in [7, 11) is 1.73. The fourth-order valence-corrected chi connectivity index (χ4v) is 6.45. The van der Waals surface area contributed by atoms with Gasteiger partial charge >= 0.3 is 0 Å². The third kappa shape index (κ3) is 6.24. The summed E-state index contributed by atoms with van der Waals surface area (Å²) < 4.78 is 7.54. The van der Waals surface area contributed by atoms with Crippen molar-refractivity contribution in [2.45, 2.75) is 76.5 Å². The molecule has 38 heavy (non-hydrogen) atoms. The van der Waals surface area contributed by atoms with E-state index in [0.29, 0.717) is 32.1 Å². The minimum atomic E-state index is -0.220. The zero-order valence-electron chi connectivity index (χ0n) is 22.7. The van der Waals surface area contributed by atoms with Crippen molar-refractivity contribution in [2.24, 2.45) is 17.8 Å². The van der Waals surface area contributed by atoms with Gasteiger partial charge in [0, 0.05) is 81.6 Å². The predicted molar refractivity (Wildman–Crippen MR) is 147 cm³/mol. The van der Waals surface area contributed by atoms with E-state index in [-0.39, 0.29) is 42.2 Å². The number of hydrogen-bond acceptors (Lipinski definition) is 5. The molecule has 1 aliphatic heterocycles. The molecule has 3 aliphatic rings. The number of para-hydroxylation sites is 1. The predicted octanol–water partition coefficient (Wildman–Crippen LogP) is 3.06. The standard InChI is InChI=1S/C30H44N4O4/c1-38-14-6-13-33-18-24(26-8-3-5-10-28(26)33)19-34(25-11-12-25)30(37)23-15-22(16-31-17-23)29(36)32-27-9-4-2-7-21(27)20-35/h3,5,8,10,18,21-23,25,27,31,35H,2,4,6-7,9,11-17,19-20H2,1H3,(H,32,36)/t21-,22-,23+,27+/m0/s1. The topological polar surface area (TPSA) is 95.8 Å². The highest BCUT2D eigenvalue weighted by molar-refractivity contribution is 5.86. The molecule has 8 nitrogen and oxygen atoms in total. The number of fused-ring (bicyclic) bond motifs is 1. The molecule has 3 N–H and O–H groups in total. The lowest BCUT2D eigenvalue weighted by molar-refractivity contribution is -0.139. The highest BCUT2D eigenvalue weighted by Crippen LogP contribution is 2.33. The van der Waals surface area contributed by atoms with E-state index in [2.05, 4.69) is 50.6 Å². The Morgan fingerprint density at radius 2 is 1.92 bits per heavy atom. The first-order valence-corrected chi connectivity index (χ1v) is 14.6. The Bertz CT molecular complexity index is 1100. The van der Waals surface area contributed by atoms with Crippen LogP contribution in [0.25, 0.3) is 10.9 Å². The van der Waals surface area contributed by atoms with Gasteiger partial charge in [-0.3, -0.25) is 9.59 Å². The minimum absolute atomic E-state index is 0.0254. The second-order valence-electron chi connectivity index (χ2n) is 11.5. The third-order valence-electron chi connectivity index (χ3n) is 8.77. The highest BCUT2D eigenvalue weighted by Gasteiger charge is 2.39. The average molecular weight is 525 g/mol. The molecule has 0 radical (unpaired) electrons. The number of methoxy groups -OCH3 is 1. The summed E-state index contributed by atoms with van der Waals surface area (Å²) in [5, 5.41) is 17.5. The molecule has 2 aliphatic carbocycles. The zero-order chi connectivity index (χ0) is 26.5. The van der Waals surface area contributed by atoms with Crippen molar-refractivity contribution in [1.29, 1.82) is 0 Å². The normalized spacial score (nSPS) is 25.8. The maximum Gasteiger partial charge on any atom is 0.227 e. The SMILES string of the molecule is COCCCn1cc(CN(C(=O)[C@H]2CNC[C@@H](C(=O)N[C@@H]3CCCC[C@H]3CO)C2)C2CC2)c2ccccc21. The third-order valence-corrected chi connectivity index (χ3v) is 8.77. The Kier molecular flexibility index (Phi) is 9.02. The van der Waals surface area contributed by atoms with Crippen molar-refractivity contribution in [2.75, 3.05) is 33.4 Å². The van der Waals surface area contributed by atoms with Crippen LogP contribution in [0.2, 0.25) is 0 Å². The van der Waals surface area contributed by atoms with E-state index < -0.39 is 0 Å². The second-order valence-corrected chi connectivity index (χ2v) is 11.5. The Balaban J connectivity index is 1.26. The number of piperidine rings is 1. The van der Waals surface area contributed by atoms with Gasteiger partial charge in [-0.25, -0.2) is 0 Å². The van der Waals surface area contributed by atoms with E-state index in [0.717, 1.165) is 58.1 Å². The molecule has 2 amide bonds. The summed E-state index contributed by atoms with van der Waals surface area (Å²) in [4.78, 5) is 29.2. The molecule has 5 rings (SSSR count). The number of nitrogens with one attached hydrogen (secondary N) is 2. The summed E-state index contributed by atoms with van der Waals surface area (Å²) in [6, 6.07) is 8.77. The van der Waals surface area contributed by atoms with Crippen molar-refractivity contribution in [3.63, 3.8) is 0 Å². The van der Waals surface area contributed by atoms with E-state index in [1.807, 2.05) is 0 Å². The maximum absolute atomic E-state index is 13.9. The summed E-state index contributed by atoms with van der Waals surface area (Å²) >= 11 is 0. The molecule has 208 valence electrons. The summed E-state index contributed by atoms with van der Waals surface area (Å²) in [6.07, 6.45) is 9.91. The smallest absolute Gasteiger partial charge is 0.227 e. The molecule has 4 atom stereocenters. The number of benzene rings is 1. The number of aliphatic hydroxyl groups excluding tert-OH is 1. The van der Waals surface area contributed by atoms with E-state index in [1.54, 1.807) is 7.11 Å². The van der Waals surface area contributed by atoms with Crippen LogP contribution in [0.15, 0.2) is 30.5 Å². The molecular formula is C30H44N4O4. The van der Waals surface area contributed by atoms with E-state index in [1.165, 1.54) is 16.5 Å². The number of aryl methyl sites for hydroxylation is 1. The molecule has 1 aromatic heterocycles. The number of carbonyl (C=O) groups is 2. The Morgan fingerprint density at radius 3 is 2.71 bits per heavy atom. The summed E-state index contributed by atoms with van der Waals surface area (Å²) in [5.74, 6) is -0.0846. The van der Waals surface area contributed by atoms with Crippen LogP contribution in [-0.4, -0.2) is 71.9 Å². The average Bonchev–Trinajstić information content (AvgIpc) is 3.74. The van der Waals surface area contributed by atoms with Crippen LogP contribution >= 0.6 is 0 Å². The van der Waals surface area contributed by atoms with Crippen LogP contribution in [-0.2, 0) is 27.4 Å². The molecule has 8 heteroatoms. The van der Waals surface area contributed by atoms with Gasteiger partial charge in [0.15, 0.2) is 0 Å². The van der Waals surface area contributed by atoms with Gasteiger partial charge in [-0.05, 0) is 50.2 Å². The van der Waals surface area contributed by atoms with Gasteiger partial charge in [-0.2, -0.15) is 0 Å². The molecule has 1 aromatic carbocycles. The Hall–Kier alpha value is -2.42. The molecule has 3 fully saturated rings. The van der Waals surface area contributed by atoms with E-state index >= 15 is 0 Å². The van der Waals surface area contributed by atoms with Crippen LogP contribution in [0.5, 0.6) is 0 Å². The van der Waals surface area contributed by atoms with Crippen molar-refractivity contribution < 1.29 is 19.4 Å². The molecular weight excluding hydrogens is 480 g/mol. The fraction of sp³-hybridized carbons (Fsp3) is 0.667. The number of hydrogen-bond donors (Lipinski definition) is 3. The van der Waals surface area contributed by atoms with Gasteiger partial charge in [-0.15, -0.1) is 0 Å². The second kappa shape index (κ2) is 12.6. The lowest BCUT2D eigenvalue weighted by Crippen LogP contribution is -2.52. The van der Waals surface area contributed by atoms with E-state index in [9.17, 15) is 14.7 Å². The van der Waals surface area contributed by atoms with Gasteiger partial charge in [0.1, 0.15) is 0 Å².